The monoisotopic (exact) mass is 325 g/mol. The predicted octanol–water partition coefficient (Wildman–Crippen LogP) is 1.93. The zero-order chi connectivity index (χ0) is 13.6. The van der Waals surface area contributed by atoms with Crippen LogP contribution in [0.4, 0.5) is 5.82 Å². The lowest BCUT2D eigenvalue weighted by Crippen LogP contribution is -2.38. The van der Waals surface area contributed by atoms with Crippen molar-refractivity contribution in [3.05, 3.63) is 16.7 Å². The van der Waals surface area contributed by atoms with E-state index in [0.29, 0.717) is 27.6 Å². The summed E-state index contributed by atoms with van der Waals surface area (Å²) >= 11 is 3.29. The van der Waals surface area contributed by atoms with Crippen molar-refractivity contribution in [2.45, 2.75) is 31.8 Å². The second-order valence-electron chi connectivity index (χ2n) is 5.54. The van der Waals surface area contributed by atoms with E-state index in [4.69, 9.17) is 4.74 Å². The van der Waals surface area contributed by atoms with Crippen LogP contribution in [-0.4, -0.2) is 30.1 Å². The molecule has 1 amide bonds. The highest BCUT2D eigenvalue weighted by atomic mass is 79.9. The van der Waals surface area contributed by atoms with Gasteiger partial charge in [0, 0.05) is 18.2 Å². The molecule has 1 aromatic rings. The van der Waals surface area contributed by atoms with E-state index in [1.54, 1.807) is 19.2 Å². The molecule has 102 valence electrons. The van der Waals surface area contributed by atoms with E-state index >= 15 is 0 Å². The van der Waals surface area contributed by atoms with Gasteiger partial charge in [-0.25, -0.2) is 4.98 Å². The molecule has 1 aliphatic carbocycles. The number of hydrogen-bond acceptors (Lipinski definition) is 4. The van der Waals surface area contributed by atoms with E-state index in [1.807, 2.05) is 0 Å². The summed E-state index contributed by atoms with van der Waals surface area (Å²) in [4.78, 5) is 16.4. The first-order valence-corrected chi connectivity index (χ1v) is 7.08. The average Bonchev–Trinajstić information content (AvgIpc) is 2.86. The Morgan fingerprint density at radius 1 is 1.58 bits per heavy atom. The lowest BCUT2D eigenvalue weighted by Gasteiger charge is -2.14. The molecule has 2 aliphatic rings. The summed E-state index contributed by atoms with van der Waals surface area (Å²) in [5.41, 5.74) is 0.324. The number of carbonyl (C=O) groups is 1. The third kappa shape index (κ3) is 2.47. The van der Waals surface area contributed by atoms with Crippen molar-refractivity contribution in [2.24, 2.45) is 5.41 Å². The van der Waals surface area contributed by atoms with Gasteiger partial charge in [0.15, 0.2) is 0 Å². The Bertz CT molecular complexity index is 537. The summed E-state index contributed by atoms with van der Waals surface area (Å²) in [5, 5.41) is 6.18. The smallest absolute Gasteiger partial charge is 0.242 e. The fraction of sp³-hybridized carbons (Fsp3) is 0.538. The second kappa shape index (κ2) is 4.45. The van der Waals surface area contributed by atoms with Gasteiger partial charge in [-0.3, -0.25) is 4.79 Å². The summed E-state index contributed by atoms with van der Waals surface area (Å²) in [6.07, 6.45) is 2.08. The fourth-order valence-electron chi connectivity index (χ4n) is 2.70. The Morgan fingerprint density at radius 2 is 2.37 bits per heavy atom. The second-order valence-corrected chi connectivity index (χ2v) is 6.35. The van der Waals surface area contributed by atoms with Crippen LogP contribution in [-0.2, 0) is 4.79 Å². The number of fused-ring (bicyclic) bond motifs is 1. The molecule has 19 heavy (non-hydrogen) atoms. The van der Waals surface area contributed by atoms with Crippen molar-refractivity contribution < 1.29 is 9.53 Å². The first-order valence-electron chi connectivity index (χ1n) is 6.29. The number of anilines is 1. The van der Waals surface area contributed by atoms with Gasteiger partial charge in [-0.15, -0.1) is 0 Å². The highest BCUT2D eigenvalue weighted by molar-refractivity contribution is 9.10. The average molecular weight is 326 g/mol. The standard InChI is InChI=1S/C13H16BrN3O2/c1-13-5-8(15-9(13)6-13)12(18)17-11-4-7(19-2)3-10(14)16-11/h3-4,8-9,15H,5-6H2,1-2H3,(H,16,17,18)/t8-,9+,13-/m0/s1. The van der Waals surface area contributed by atoms with Crippen molar-refractivity contribution in [1.29, 1.82) is 0 Å². The predicted molar refractivity (Wildman–Crippen MR) is 75.2 cm³/mol. The number of aromatic nitrogens is 1. The summed E-state index contributed by atoms with van der Waals surface area (Å²) in [7, 11) is 1.58. The third-order valence-corrected chi connectivity index (χ3v) is 4.40. The Kier molecular flexibility index (Phi) is 3.02. The van der Waals surface area contributed by atoms with Crippen LogP contribution >= 0.6 is 15.9 Å². The zero-order valence-electron chi connectivity index (χ0n) is 10.9. The number of hydrogen-bond donors (Lipinski definition) is 2. The SMILES string of the molecule is COc1cc(Br)nc(NC(=O)[C@@H]2C[C@@]3(C)C[C@H]3N2)c1. The van der Waals surface area contributed by atoms with Gasteiger partial charge in [0.1, 0.15) is 16.2 Å². The van der Waals surface area contributed by atoms with Crippen LogP contribution in [0.3, 0.4) is 0 Å². The molecule has 5 nitrogen and oxygen atoms in total. The van der Waals surface area contributed by atoms with E-state index < -0.39 is 0 Å². The quantitative estimate of drug-likeness (QED) is 0.833. The van der Waals surface area contributed by atoms with Gasteiger partial charge < -0.3 is 15.4 Å². The van der Waals surface area contributed by atoms with Crippen LogP contribution in [0.15, 0.2) is 16.7 Å². The molecule has 2 fully saturated rings. The van der Waals surface area contributed by atoms with Crippen LogP contribution in [0.25, 0.3) is 0 Å². The minimum Gasteiger partial charge on any atom is -0.497 e. The van der Waals surface area contributed by atoms with Crippen LogP contribution in [0.5, 0.6) is 5.75 Å². The Morgan fingerprint density at radius 3 is 3.00 bits per heavy atom. The lowest BCUT2D eigenvalue weighted by molar-refractivity contribution is -0.118. The van der Waals surface area contributed by atoms with E-state index in [0.717, 1.165) is 6.42 Å². The summed E-state index contributed by atoms with van der Waals surface area (Å²) in [6.45, 7) is 2.22. The maximum Gasteiger partial charge on any atom is 0.242 e. The molecule has 6 heteroatoms. The number of rotatable bonds is 3. The van der Waals surface area contributed by atoms with Crippen molar-refractivity contribution >= 4 is 27.7 Å². The third-order valence-electron chi connectivity index (χ3n) is 4.00. The molecule has 2 N–H and O–H groups in total. The fourth-order valence-corrected chi connectivity index (χ4v) is 3.11. The molecule has 0 unspecified atom stereocenters. The molecule has 1 aromatic heterocycles. The summed E-state index contributed by atoms with van der Waals surface area (Å²) in [6, 6.07) is 3.85. The van der Waals surface area contributed by atoms with Crippen molar-refractivity contribution in [3.63, 3.8) is 0 Å². The van der Waals surface area contributed by atoms with Gasteiger partial charge in [0.25, 0.3) is 0 Å². The van der Waals surface area contributed by atoms with Crippen LogP contribution in [0.1, 0.15) is 19.8 Å². The molecule has 1 saturated heterocycles. The van der Waals surface area contributed by atoms with Crippen LogP contribution in [0, 0.1) is 5.41 Å². The largest absolute Gasteiger partial charge is 0.497 e. The summed E-state index contributed by atoms with van der Waals surface area (Å²) < 4.78 is 5.78. The number of pyridine rings is 1. The Hall–Kier alpha value is -1.14. The van der Waals surface area contributed by atoms with E-state index in [2.05, 4.69) is 38.5 Å². The lowest BCUT2D eigenvalue weighted by atomic mass is 10.0. The number of ether oxygens (including phenoxy) is 1. The van der Waals surface area contributed by atoms with Gasteiger partial charge in [-0.2, -0.15) is 0 Å². The van der Waals surface area contributed by atoms with Gasteiger partial charge in [0.05, 0.1) is 13.2 Å². The normalized spacial score (nSPS) is 31.7. The highest BCUT2D eigenvalue weighted by Gasteiger charge is 2.58. The minimum atomic E-state index is -0.115. The topological polar surface area (TPSA) is 63.2 Å². The molecule has 0 bridgehead atoms. The molecular formula is C13H16BrN3O2. The number of nitrogens with zero attached hydrogens (tertiary/aromatic N) is 1. The molecule has 3 rings (SSSR count). The molecule has 0 spiro atoms. The first kappa shape index (κ1) is 12.9. The molecular weight excluding hydrogens is 310 g/mol. The van der Waals surface area contributed by atoms with Crippen LogP contribution < -0.4 is 15.4 Å². The molecule has 0 radical (unpaired) electrons. The van der Waals surface area contributed by atoms with Crippen molar-refractivity contribution in [2.75, 3.05) is 12.4 Å². The van der Waals surface area contributed by atoms with Gasteiger partial charge >= 0.3 is 0 Å². The number of nitrogens with one attached hydrogen (secondary N) is 2. The molecule has 0 aromatic carbocycles. The number of amides is 1. The molecule has 3 atom stereocenters. The number of piperidine rings is 1. The minimum absolute atomic E-state index is 0.0268. The van der Waals surface area contributed by atoms with Gasteiger partial charge in [-0.05, 0) is 34.2 Å². The maximum atomic E-state index is 12.2. The number of halogens is 1. The maximum absolute atomic E-state index is 12.2. The Balaban J connectivity index is 1.68. The first-order chi connectivity index (χ1) is 9.00. The number of carbonyl (C=O) groups excluding carboxylic acids is 1. The summed E-state index contributed by atoms with van der Waals surface area (Å²) in [5.74, 6) is 1.14. The highest BCUT2D eigenvalue weighted by Crippen LogP contribution is 2.53. The van der Waals surface area contributed by atoms with E-state index in [-0.39, 0.29) is 11.9 Å². The van der Waals surface area contributed by atoms with Crippen LogP contribution in [0.2, 0.25) is 0 Å². The molecule has 2 heterocycles. The zero-order valence-corrected chi connectivity index (χ0v) is 12.5. The van der Waals surface area contributed by atoms with Gasteiger partial charge in [-0.1, -0.05) is 6.92 Å². The van der Waals surface area contributed by atoms with Crippen molar-refractivity contribution in [1.82, 2.24) is 10.3 Å². The Labute approximate surface area is 120 Å². The van der Waals surface area contributed by atoms with Crippen molar-refractivity contribution in [3.8, 4) is 5.75 Å². The molecule has 1 saturated carbocycles. The van der Waals surface area contributed by atoms with E-state index in [9.17, 15) is 4.79 Å². The molecule has 1 aliphatic heterocycles. The number of methoxy groups -OCH3 is 1. The van der Waals surface area contributed by atoms with Gasteiger partial charge in [0.2, 0.25) is 5.91 Å². The van der Waals surface area contributed by atoms with E-state index in [1.165, 1.54) is 6.42 Å².